The zero-order valence-electron chi connectivity index (χ0n) is 12.0. The lowest BCUT2D eigenvalue weighted by Gasteiger charge is -2.27. The van der Waals surface area contributed by atoms with Crippen molar-refractivity contribution in [1.82, 2.24) is 5.32 Å². The molecule has 20 heavy (non-hydrogen) atoms. The predicted octanol–water partition coefficient (Wildman–Crippen LogP) is 2.52. The maximum atomic E-state index is 12.1. The Balaban J connectivity index is 2.08. The van der Waals surface area contributed by atoms with E-state index in [2.05, 4.69) is 5.32 Å². The summed E-state index contributed by atoms with van der Waals surface area (Å²) in [6, 6.07) is 7.55. The zero-order valence-corrected chi connectivity index (χ0v) is 12.0. The fourth-order valence-corrected chi connectivity index (χ4v) is 2.26. The molecule has 1 aromatic carbocycles. The van der Waals surface area contributed by atoms with E-state index in [1.54, 1.807) is 0 Å². The zero-order chi connectivity index (χ0) is 14.5. The van der Waals surface area contributed by atoms with Crippen LogP contribution in [0.1, 0.15) is 42.9 Å². The second-order valence-corrected chi connectivity index (χ2v) is 5.38. The molecule has 1 fully saturated rings. The van der Waals surface area contributed by atoms with E-state index in [0.29, 0.717) is 0 Å². The van der Waals surface area contributed by atoms with E-state index in [-0.39, 0.29) is 30.3 Å². The number of hydrogen-bond acceptors (Lipinski definition) is 3. The van der Waals surface area contributed by atoms with E-state index in [9.17, 15) is 9.59 Å². The maximum absolute atomic E-state index is 12.1. The molecular weight excluding hydrogens is 254 g/mol. The summed E-state index contributed by atoms with van der Waals surface area (Å²) >= 11 is 0. The Labute approximate surface area is 119 Å². The fourth-order valence-electron chi connectivity index (χ4n) is 2.26. The van der Waals surface area contributed by atoms with Crippen LogP contribution >= 0.6 is 0 Å². The van der Waals surface area contributed by atoms with Crippen molar-refractivity contribution in [3.63, 3.8) is 0 Å². The molecule has 108 valence electrons. The van der Waals surface area contributed by atoms with Gasteiger partial charge in [-0.15, -0.1) is 0 Å². The number of esters is 1. The van der Waals surface area contributed by atoms with Crippen LogP contribution in [0.15, 0.2) is 24.3 Å². The highest BCUT2D eigenvalue weighted by Crippen LogP contribution is 2.28. The van der Waals surface area contributed by atoms with Gasteiger partial charge in [-0.05, 0) is 25.3 Å². The van der Waals surface area contributed by atoms with Crippen LogP contribution in [0.4, 0.5) is 0 Å². The SMILES string of the molecule is COC(=O)CC(NC(=O)C1CCC1)c1ccc(C)cc1. The Kier molecular flexibility index (Phi) is 4.77. The summed E-state index contributed by atoms with van der Waals surface area (Å²) in [4.78, 5) is 23.6. The summed E-state index contributed by atoms with van der Waals surface area (Å²) in [6.07, 6.45) is 3.18. The molecule has 1 aromatic rings. The highest BCUT2D eigenvalue weighted by atomic mass is 16.5. The molecule has 1 N–H and O–H groups in total. The van der Waals surface area contributed by atoms with E-state index in [1.165, 1.54) is 7.11 Å². The van der Waals surface area contributed by atoms with Gasteiger partial charge < -0.3 is 10.1 Å². The number of nitrogens with one attached hydrogen (secondary N) is 1. The third kappa shape index (κ3) is 3.59. The number of benzene rings is 1. The minimum absolute atomic E-state index is 0.0470. The maximum Gasteiger partial charge on any atom is 0.307 e. The monoisotopic (exact) mass is 275 g/mol. The molecule has 0 aromatic heterocycles. The van der Waals surface area contributed by atoms with Crippen molar-refractivity contribution in [2.45, 2.75) is 38.6 Å². The van der Waals surface area contributed by atoms with Crippen molar-refractivity contribution in [2.24, 2.45) is 5.92 Å². The second kappa shape index (κ2) is 6.55. The molecule has 1 aliphatic carbocycles. The molecule has 4 heteroatoms. The Hall–Kier alpha value is -1.84. The predicted molar refractivity (Wildman–Crippen MR) is 76.0 cm³/mol. The minimum Gasteiger partial charge on any atom is -0.469 e. The first kappa shape index (κ1) is 14.6. The third-order valence-corrected chi connectivity index (χ3v) is 3.87. The first-order chi connectivity index (χ1) is 9.60. The van der Waals surface area contributed by atoms with Crippen LogP contribution in [0.25, 0.3) is 0 Å². The van der Waals surface area contributed by atoms with Gasteiger partial charge >= 0.3 is 5.97 Å². The van der Waals surface area contributed by atoms with Gasteiger partial charge in [-0.1, -0.05) is 36.2 Å². The molecule has 1 saturated carbocycles. The molecule has 1 aliphatic rings. The quantitative estimate of drug-likeness (QED) is 0.840. The van der Waals surface area contributed by atoms with Gasteiger partial charge in [-0.25, -0.2) is 0 Å². The van der Waals surface area contributed by atoms with Gasteiger partial charge in [0.2, 0.25) is 5.91 Å². The van der Waals surface area contributed by atoms with Crippen molar-refractivity contribution in [3.8, 4) is 0 Å². The smallest absolute Gasteiger partial charge is 0.307 e. The van der Waals surface area contributed by atoms with Crippen molar-refractivity contribution in [2.75, 3.05) is 7.11 Å². The number of aryl methyl sites for hydroxylation is 1. The Morgan fingerprint density at radius 2 is 1.95 bits per heavy atom. The highest BCUT2D eigenvalue weighted by Gasteiger charge is 2.28. The summed E-state index contributed by atoms with van der Waals surface area (Å²) in [5, 5.41) is 2.98. The van der Waals surface area contributed by atoms with Crippen molar-refractivity contribution >= 4 is 11.9 Å². The van der Waals surface area contributed by atoms with Gasteiger partial charge in [0.15, 0.2) is 0 Å². The van der Waals surface area contributed by atoms with Crippen molar-refractivity contribution < 1.29 is 14.3 Å². The molecule has 4 nitrogen and oxygen atoms in total. The standard InChI is InChI=1S/C16H21NO3/c1-11-6-8-12(9-7-11)14(10-15(18)20-2)17-16(19)13-4-3-5-13/h6-9,13-14H,3-5,10H2,1-2H3,(H,17,19). The van der Waals surface area contributed by atoms with E-state index in [4.69, 9.17) is 4.74 Å². The first-order valence-corrected chi connectivity index (χ1v) is 7.04. The molecule has 1 unspecified atom stereocenters. The molecule has 2 rings (SSSR count). The molecule has 0 bridgehead atoms. The number of ether oxygens (including phenoxy) is 1. The van der Waals surface area contributed by atoms with E-state index in [1.807, 2.05) is 31.2 Å². The number of rotatable bonds is 5. The van der Waals surface area contributed by atoms with Crippen LogP contribution in [0.3, 0.4) is 0 Å². The summed E-state index contributed by atoms with van der Waals surface area (Å²) in [7, 11) is 1.36. The van der Waals surface area contributed by atoms with E-state index in [0.717, 1.165) is 30.4 Å². The largest absolute Gasteiger partial charge is 0.469 e. The topological polar surface area (TPSA) is 55.4 Å². The van der Waals surface area contributed by atoms with Crippen LogP contribution < -0.4 is 5.32 Å². The van der Waals surface area contributed by atoms with Gasteiger partial charge in [0.25, 0.3) is 0 Å². The van der Waals surface area contributed by atoms with Gasteiger partial charge in [0, 0.05) is 5.92 Å². The number of methoxy groups -OCH3 is 1. The first-order valence-electron chi connectivity index (χ1n) is 7.04. The lowest BCUT2D eigenvalue weighted by Crippen LogP contribution is -2.37. The summed E-state index contributed by atoms with van der Waals surface area (Å²) in [5.41, 5.74) is 2.09. The van der Waals surface area contributed by atoms with Crippen LogP contribution in [-0.4, -0.2) is 19.0 Å². The molecule has 0 radical (unpaired) electrons. The molecular formula is C16H21NO3. The molecule has 1 atom stereocenters. The minimum atomic E-state index is -0.315. The molecule has 0 aliphatic heterocycles. The van der Waals surface area contributed by atoms with E-state index >= 15 is 0 Å². The average molecular weight is 275 g/mol. The number of hydrogen-bond donors (Lipinski definition) is 1. The second-order valence-electron chi connectivity index (χ2n) is 5.38. The summed E-state index contributed by atoms with van der Waals surface area (Å²) in [6.45, 7) is 2.01. The molecule has 0 heterocycles. The van der Waals surface area contributed by atoms with Crippen LogP contribution in [0.5, 0.6) is 0 Å². The fraction of sp³-hybridized carbons (Fsp3) is 0.500. The van der Waals surface area contributed by atoms with Gasteiger partial charge in [0.1, 0.15) is 0 Å². The number of carbonyl (C=O) groups is 2. The molecule has 1 amide bonds. The van der Waals surface area contributed by atoms with Crippen LogP contribution in [0.2, 0.25) is 0 Å². The Bertz CT molecular complexity index is 477. The van der Waals surface area contributed by atoms with Crippen molar-refractivity contribution in [3.05, 3.63) is 35.4 Å². The van der Waals surface area contributed by atoms with E-state index < -0.39 is 0 Å². The normalized spacial score (nSPS) is 16.1. The van der Waals surface area contributed by atoms with Gasteiger partial charge in [-0.2, -0.15) is 0 Å². The molecule has 0 spiro atoms. The molecule has 0 saturated heterocycles. The van der Waals surface area contributed by atoms with Crippen molar-refractivity contribution in [1.29, 1.82) is 0 Å². The Morgan fingerprint density at radius 3 is 2.45 bits per heavy atom. The average Bonchev–Trinajstić information content (AvgIpc) is 2.36. The van der Waals surface area contributed by atoms with Crippen LogP contribution in [0, 0.1) is 12.8 Å². The third-order valence-electron chi connectivity index (χ3n) is 3.87. The number of amides is 1. The lowest BCUT2D eigenvalue weighted by molar-refractivity contribution is -0.141. The van der Waals surface area contributed by atoms with Gasteiger partial charge in [-0.3, -0.25) is 9.59 Å². The summed E-state index contributed by atoms with van der Waals surface area (Å²) < 4.78 is 4.72. The van der Waals surface area contributed by atoms with Gasteiger partial charge in [0.05, 0.1) is 19.6 Å². The van der Waals surface area contributed by atoms with Crippen LogP contribution in [-0.2, 0) is 14.3 Å². The highest BCUT2D eigenvalue weighted by molar-refractivity contribution is 5.80. The Morgan fingerprint density at radius 1 is 1.30 bits per heavy atom. The number of carbonyl (C=O) groups excluding carboxylic acids is 2. The lowest BCUT2D eigenvalue weighted by atomic mass is 9.84. The summed E-state index contributed by atoms with van der Waals surface area (Å²) in [5.74, 6) is -0.157.